The lowest BCUT2D eigenvalue weighted by Crippen LogP contribution is -2.30. The van der Waals surface area contributed by atoms with Crippen molar-refractivity contribution in [1.82, 2.24) is 0 Å². The predicted molar refractivity (Wildman–Crippen MR) is 330 cm³/mol. The first kappa shape index (κ1) is 73.4. The smallest absolute Gasteiger partial charge is 0.306 e. The van der Waals surface area contributed by atoms with Crippen molar-refractivity contribution in [2.75, 3.05) is 13.2 Å². The van der Waals surface area contributed by atoms with Crippen molar-refractivity contribution in [1.29, 1.82) is 0 Å². The van der Waals surface area contributed by atoms with Crippen molar-refractivity contribution in [2.24, 2.45) is 0 Å². The van der Waals surface area contributed by atoms with Gasteiger partial charge in [-0.1, -0.05) is 313 Å². The highest BCUT2D eigenvalue weighted by Gasteiger charge is 2.19. The van der Waals surface area contributed by atoms with Crippen LogP contribution in [0.2, 0.25) is 0 Å². The number of allylic oxidation sites excluding steroid dienone is 8. The van der Waals surface area contributed by atoms with E-state index in [1.807, 2.05) is 0 Å². The second-order valence-electron chi connectivity index (χ2n) is 22.7. The third-order valence-electron chi connectivity index (χ3n) is 15.1. The van der Waals surface area contributed by atoms with Crippen LogP contribution in [0, 0.1) is 0 Å². The topological polar surface area (TPSA) is 78.9 Å². The fraction of sp³-hybridized carbons (Fsp3) is 0.843. The summed E-state index contributed by atoms with van der Waals surface area (Å²) < 4.78 is 16.9. The van der Waals surface area contributed by atoms with Gasteiger partial charge in [0.2, 0.25) is 0 Å². The minimum atomic E-state index is -0.788. The molecule has 0 rings (SSSR count). The maximum Gasteiger partial charge on any atom is 0.306 e. The van der Waals surface area contributed by atoms with E-state index in [-0.39, 0.29) is 31.1 Å². The number of hydrogen-bond acceptors (Lipinski definition) is 6. The van der Waals surface area contributed by atoms with Crippen LogP contribution in [-0.4, -0.2) is 37.2 Å². The van der Waals surface area contributed by atoms with Crippen LogP contribution < -0.4 is 0 Å². The molecule has 0 saturated heterocycles. The van der Waals surface area contributed by atoms with Crippen molar-refractivity contribution in [3.05, 3.63) is 48.6 Å². The third-order valence-corrected chi connectivity index (χ3v) is 15.1. The highest BCUT2D eigenvalue weighted by Crippen LogP contribution is 2.18. The summed E-state index contributed by atoms with van der Waals surface area (Å²) in [6, 6.07) is 0. The first-order valence-electron chi connectivity index (χ1n) is 33.6. The normalized spacial score (nSPS) is 12.3. The van der Waals surface area contributed by atoms with E-state index in [1.54, 1.807) is 0 Å². The molecule has 0 N–H and O–H groups in total. The van der Waals surface area contributed by atoms with Gasteiger partial charge < -0.3 is 14.2 Å². The maximum atomic E-state index is 12.9. The fourth-order valence-electron chi connectivity index (χ4n) is 10.0. The molecule has 0 aromatic heterocycles. The largest absolute Gasteiger partial charge is 0.462 e. The summed E-state index contributed by atoms with van der Waals surface area (Å²) in [5, 5.41) is 0. The quantitative estimate of drug-likeness (QED) is 0.0261. The number of carbonyl (C=O) groups is 3. The molecule has 0 aromatic carbocycles. The Hall–Kier alpha value is -2.63. The molecule has 0 aliphatic carbocycles. The maximum absolute atomic E-state index is 12.9. The zero-order valence-corrected chi connectivity index (χ0v) is 51.0. The van der Waals surface area contributed by atoms with Crippen molar-refractivity contribution >= 4 is 17.9 Å². The molecule has 1 atom stereocenters. The van der Waals surface area contributed by atoms with Gasteiger partial charge in [0.15, 0.2) is 6.10 Å². The molecule has 0 fully saturated rings. The van der Waals surface area contributed by atoms with Gasteiger partial charge in [-0.25, -0.2) is 0 Å². The average molecular weight is 1070 g/mol. The molecule has 0 heterocycles. The molecule has 0 aromatic rings. The van der Waals surface area contributed by atoms with Crippen LogP contribution in [0.15, 0.2) is 48.6 Å². The second-order valence-corrected chi connectivity index (χ2v) is 22.7. The molecule has 0 bridgehead atoms. The van der Waals surface area contributed by atoms with E-state index in [1.165, 1.54) is 225 Å². The van der Waals surface area contributed by atoms with E-state index in [2.05, 4.69) is 69.4 Å². The van der Waals surface area contributed by atoms with Crippen molar-refractivity contribution < 1.29 is 28.6 Å². The Labute approximate surface area is 473 Å². The first-order chi connectivity index (χ1) is 37.5. The number of hydrogen-bond donors (Lipinski definition) is 0. The van der Waals surface area contributed by atoms with E-state index < -0.39 is 6.10 Å². The van der Waals surface area contributed by atoms with Gasteiger partial charge >= 0.3 is 17.9 Å². The molecule has 0 spiro atoms. The molecule has 0 aliphatic rings. The fourth-order valence-corrected chi connectivity index (χ4v) is 10.0. The van der Waals surface area contributed by atoms with E-state index >= 15 is 0 Å². The Bertz CT molecular complexity index is 1310. The molecule has 6 nitrogen and oxygen atoms in total. The van der Waals surface area contributed by atoms with Gasteiger partial charge in [-0.05, 0) is 77.0 Å². The zero-order chi connectivity index (χ0) is 55.0. The van der Waals surface area contributed by atoms with Gasteiger partial charge in [0.1, 0.15) is 13.2 Å². The number of unbranched alkanes of at least 4 members (excludes halogenated alkanes) is 43. The van der Waals surface area contributed by atoms with Crippen molar-refractivity contribution in [2.45, 2.75) is 367 Å². The van der Waals surface area contributed by atoms with Gasteiger partial charge in [0, 0.05) is 19.3 Å². The molecule has 76 heavy (non-hydrogen) atoms. The lowest BCUT2D eigenvalue weighted by Gasteiger charge is -2.18. The summed E-state index contributed by atoms with van der Waals surface area (Å²) in [5.74, 6) is -0.903. The van der Waals surface area contributed by atoms with Crippen LogP contribution in [0.1, 0.15) is 361 Å². The minimum absolute atomic E-state index is 0.0826. The predicted octanol–water partition coefficient (Wildman–Crippen LogP) is 22.9. The van der Waals surface area contributed by atoms with Crippen molar-refractivity contribution in [3.63, 3.8) is 0 Å². The molecule has 0 aliphatic heterocycles. The molecule has 0 amide bonds. The lowest BCUT2D eigenvalue weighted by atomic mass is 10.0. The van der Waals surface area contributed by atoms with Crippen LogP contribution >= 0.6 is 0 Å². The number of esters is 3. The van der Waals surface area contributed by atoms with Crippen LogP contribution in [0.3, 0.4) is 0 Å². The summed E-state index contributed by atoms with van der Waals surface area (Å²) in [7, 11) is 0. The Balaban J connectivity index is 4.14. The summed E-state index contributed by atoms with van der Waals surface area (Å²) in [5.41, 5.74) is 0. The SMILES string of the molecule is CC/C=C\C/C=C\C/C=C\CCCCCC(=O)OCC(COC(=O)CCCCCCCCCCCCCCCCCCCCCCCCCCCCCCCC)OC(=O)CCCCCCC/C=C\CCCCCCCC. The summed E-state index contributed by atoms with van der Waals surface area (Å²) in [4.78, 5) is 38.2. The number of carbonyl (C=O) groups excluding carboxylic acids is 3. The Kier molecular flexibility index (Phi) is 62.6. The standard InChI is InChI=1S/C70H128O6/c1-4-7-10-13-16-19-22-25-27-28-29-30-31-32-33-34-35-36-37-38-39-40-41-43-45-48-51-54-57-60-63-69(72)75-66-67(65-74-68(71)62-59-56-53-50-47-44-24-21-18-15-12-9-6-3)76-70(73)64-61-58-55-52-49-46-42-26-23-20-17-14-11-8-5-2/h9,12,18,21,26,42,44,47,67H,4-8,10-11,13-17,19-20,22-25,27-41,43,45-46,48-66H2,1-3H3/b12-9-,21-18-,42-26-,47-44-. The highest BCUT2D eigenvalue weighted by molar-refractivity contribution is 5.71. The van der Waals surface area contributed by atoms with E-state index in [0.29, 0.717) is 19.3 Å². The van der Waals surface area contributed by atoms with Gasteiger partial charge in [-0.2, -0.15) is 0 Å². The Morgan fingerprint density at radius 2 is 0.513 bits per heavy atom. The van der Waals surface area contributed by atoms with Gasteiger partial charge in [0.25, 0.3) is 0 Å². The minimum Gasteiger partial charge on any atom is -0.462 e. The molecule has 444 valence electrons. The highest BCUT2D eigenvalue weighted by atomic mass is 16.6. The lowest BCUT2D eigenvalue weighted by molar-refractivity contribution is -0.167. The van der Waals surface area contributed by atoms with Crippen LogP contribution in [-0.2, 0) is 28.6 Å². The molecule has 6 heteroatoms. The van der Waals surface area contributed by atoms with Crippen LogP contribution in [0.4, 0.5) is 0 Å². The van der Waals surface area contributed by atoms with Crippen molar-refractivity contribution in [3.8, 4) is 0 Å². The van der Waals surface area contributed by atoms with E-state index in [9.17, 15) is 14.4 Å². The summed E-state index contributed by atoms with van der Waals surface area (Å²) in [6.45, 7) is 6.54. The van der Waals surface area contributed by atoms with Gasteiger partial charge in [-0.15, -0.1) is 0 Å². The molecule has 0 radical (unpaired) electrons. The van der Waals surface area contributed by atoms with Crippen LogP contribution in [0.25, 0.3) is 0 Å². The van der Waals surface area contributed by atoms with E-state index in [0.717, 1.165) is 96.3 Å². The first-order valence-corrected chi connectivity index (χ1v) is 33.6. The van der Waals surface area contributed by atoms with Crippen LogP contribution in [0.5, 0.6) is 0 Å². The zero-order valence-electron chi connectivity index (χ0n) is 51.0. The Morgan fingerprint density at radius 1 is 0.276 bits per heavy atom. The monoisotopic (exact) mass is 1060 g/mol. The van der Waals surface area contributed by atoms with E-state index in [4.69, 9.17) is 14.2 Å². The molecular formula is C70H128O6. The number of ether oxygens (including phenoxy) is 3. The molecule has 0 saturated carbocycles. The Morgan fingerprint density at radius 3 is 0.829 bits per heavy atom. The van der Waals surface area contributed by atoms with Gasteiger partial charge in [-0.3, -0.25) is 14.4 Å². The van der Waals surface area contributed by atoms with Gasteiger partial charge in [0.05, 0.1) is 0 Å². The molecular weight excluding hydrogens is 937 g/mol. The average Bonchev–Trinajstić information content (AvgIpc) is 3.42. The number of rotatable bonds is 62. The summed E-state index contributed by atoms with van der Waals surface area (Å²) in [6.07, 6.45) is 81.6. The third kappa shape index (κ3) is 62.2. The second kappa shape index (κ2) is 64.9. The molecule has 1 unspecified atom stereocenters. The summed E-state index contributed by atoms with van der Waals surface area (Å²) >= 11 is 0.